The van der Waals surface area contributed by atoms with Gasteiger partial charge in [-0.2, -0.15) is 5.10 Å². The summed E-state index contributed by atoms with van der Waals surface area (Å²) in [5.41, 5.74) is 1.59. The number of aromatic nitrogens is 2. The number of carbonyl (C=O) groups is 2. The molecule has 9 heteroatoms. The van der Waals surface area contributed by atoms with Crippen LogP contribution in [0.15, 0.2) is 82.6 Å². The Balaban J connectivity index is 1.53. The van der Waals surface area contributed by atoms with Crippen molar-refractivity contribution < 1.29 is 18.0 Å². The molecule has 0 fully saturated rings. The van der Waals surface area contributed by atoms with Gasteiger partial charge in [0.05, 0.1) is 21.2 Å². The number of nitrogens with zero attached hydrogens (tertiary/aromatic N) is 2. The third-order valence-electron chi connectivity index (χ3n) is 5.33. The van der Waals surface area contributed by atoms with Gasteiger partial charge in [0.15, 0.2) is 5.78 Å². The van der Waals surface area contributed by atoms with Crippen molar-refractivity contribution in [2.45, 2.75) is 16.7 Å². The van der Waals surface area contributed by atoms with E-state index in [0.717, 1.165) is 0 Å². The van der Waals surface area contributed by atoms with Crippen molar-refractivity contribution in [1.29, 1.82) is 0 Å². The number of hydrogen-bond acceptors (Lipinski definition) is 5. The first kappa shape index (κ1) is 21.1. The van der Waals surface area contributed by atoms with Gasteiger partial charge in [0.25, 0.3) is 5.91 Å². The molecule has 3 aromatic carbocycles. The molecule has 7 nitrogen and oxygen atoms in total. The molecular formula is C24H16ClN3O4S. The number of benzene rings is 3. The van der Waals surface area contributed by atoms with Crippen LogP contribution in [0.4, 0.5) is 5.82 Å². The minimum absolute atomic E-state index is 0.0464. The number of sulfone groups is 1. The van der Waals surface area contributed by atoms with Gasteiger partial charge in [0.2, 0.25) is 9.84 Å². The van der Waals surface area contributed by atoms with E-state index in [2.05, 4.69) is 10.4 Å². The fourth-order valence-corrected chi connectivity index (χ4v) is 5.67. The lowest BCUT2D eigenvalue weighted by atomic mass is 10.0. The molecule has 1 aromatic heterocycles. The summed E-state index contributed by atoms with van der Waals surface area (Å²) in [4.78, 5) is 25.6. The Kier molecular flexibility index (Phi) is 4.92. The monoisotopic (exact) mass is 477 g/mol. The Morgan fingerprint density at radius 3 is 2.48 bits per heavy atom. The standard InChI is InChI=1S/C24H16ClN3O4S/c1-14-11-22(28(27-14)17-6-4-5-16(25)13-17)26-24(30)15-9-10-19-21(12-15)33(31,32)20-8-3-2-7-18(20)23(19)29/h2-13H,1H3,(H,26,30). The van der Waals surface area contributed by atoms with Crippen molar-refractivity contribution in [3.05, 3.63) is 100 Å². The van der Waals surface area contributed by atoms with Gasteiger partial charge in [-0.1, -0.05) is 29.8 Å². The van der Waals surface area contributed by atoms with E-state index in [4.69, 9.17) is 11.6 Å². The minimum atomic E-state index is -3.95. The molecule has 0 unspecified atom stereocenters. The average molecular weight is 478 g/mol. The van der Waals surface area contributed by atoms with Crippen molar-refractivity contribution in [2.24, 2.45) is 0 Å². The summed E-state index contributed by atoms with van der Waals surface area (Å²) < 4.78 is 27.8. The smallest absolute Gasteiger partial charge is 0.256 e. The van der Waals surface area contributed by atoms with Gasteiger partial charge in [-0.3, -0.25) is 9.59 Å². The van der Waals surface area contributed by atoms with Crippen LogP contribution in [0.5, 0.6) is 0 Å². The first-order valence-electron chi connectivity index (χ1n) is 9.92. The van der Waals surface area contributed by atoms with Crippen LogP contribution in [-0.2, 0) is 9.84 Å². The fraction of sp³-hybridized carbons (Fsp3) is 0.0417. The van der Waals surface area contributed by atoms with Crippen molar-refractivity contribution in [3.63, 3.8) is 0 Å². The van der Waals surface area contributed by atoms with Crippen LogP contribution >= 0.6 is 11.6 Å². The molecule has 33 heavy (non-hydrogen) atoms. The van der Waals surface area contributed by atoms with Crippen molar-refractivity contribution in [2.75, 3.05) is 5.32 Å². The second-order valence-corrected chi connectivity index (χ2v) is 9.88. The molecule has 0 saturated heterocycles. The number of ketones is 1. The number of hydrogen-bond donors (Lipinski definition) is 1. The molecule has 1 amide bonds. The van der Waals surface area contributed by atoms with Gasteiger partial charge >= 0.3 is 0 Å². The predicted molar refractivity (Wildman–Crippen MR) is 123 cm³/mol. The van der Waals surface area contributed by atoms with Crippen molar-refractivity contribution >= 4 is 38.9 Å². The largest absolute Gasteiger partial charge is 0.306 e. The molecule has 1 aliphatic heterocycles. The molecule has 0 atom stereocenters. The maximum Gasteiger partial charge on any atom is 0.256 e. The number of carbonyl (C=O) groups excluding carboxylic acids is 2. The number of amides is 1. The molecule has 164 valence electrons. The van der Waals surface area contributed by atoms with Gasteiger partial charge in [0, 0.05) is 27.8 Å². The summed E-state index contributed by atoms with van der Waals surface area (Å²) in [6.07, 6.45) is 0. The summed E-state index contributed by atoms with van der Waals surface area (Å²) in [7, 11) is -3.95. The summed E-state index contributed by atoms with van der Waals surface area (Å²) in [6, 6.07) is 18.8. The van der Waals surface area contributed by atoms with Gasteiger partial charge in [0.1, 0.15) is 5.82 Å². The number of halogens is 1. The zero-order valence-electron chi connectivity index (χ0n) is 17.2. The maximum atomic E-state index is 13.1. The van der Waals surface area contributed by atoms with Crippen LogP contribution in [0.1, 0.15) is 32.0 Å². The molecule has 2 heterocycles. The molecule has 0 bridgehead atoms. The fourth-order valence-electron chi connectivity index (χ4n) is 3.81. The predicted octanol–water partition coefficient (Wildman–Crippen LogP) is 4.46. The quantitative estimate of drug-likeness (QED) is 0.413. The third-order valence-corrected chi connectivity index (χ3v) is 7.41. The molecule has 5 rings (SSSR count). The van der Waals surface area contributed by atoms with Crippen LogP contribution in [0.3, 0.4) is 0 Å². The second kappa shape index (κ2) is 7.68. The molecule has 4 aromatic rings. The Hall–Kier alpha value is -3.75. The summed E-state index contributed by atoms with van der Waals surface area (Å²) in [5.74, 6) is -0.540. The van der Waals surface area contributed by atoms with Crippen LogP contribution in [0.2, 0.25) is 5.02 Å². The number of fused-ring (bicyclic) bond motifs is 2. The summed E-state index contributed by atoms with van der Waals surface area (Å²) >= 11 is 6.08. The highest BCUT2D eigenvalue weighted by Gasteiger charge is 2.35. The Morgan fingerprint density at radius 1 is 0.939 bits per heavy atom. The summed E-state index contributed by atoms with van der Waals surface area (Å²) in [5, 5.41) is 7.69. The van der Waals surface area contributed by atoms with E-state index in [1.165, 1.54) is 35.0 Å². The van der Waals surface area contributed by atoms with Crippen LogP contribution < -0.4 is 5.32 Å². The zero-order chi connectivity index (χ0) is 23.3. The first-order chi connectivity index (χ1) is 15.8. The highest BCUT2D eigenvalue weighted by atomic mass is 35.5. The van der Waals surface area contributed by atoms with Gasteiger partial charge in [-0.15, -0.1) is 0 Å². The van der Waals surface area contributed by atoms with Crippen LogP contribution in [-0.4, -0.2) is 29.9 Å². The van der Waals surface area contributed by atoms with E-state index in [0.29, 0.717) is 22.2 Å². The molecule has 1 aliphatic rings. The maximum absolute atomic E-state index is 13.1. The number of rotatable bonds is 3. The number of anilines is 1. The molecular weight excluding hydrogens is 462 g/mol. The third kappa shape index (κ3) is 3.53. The topological polar surface area (TPSA) is 98.1 Å². The van der Waals surface area contributed by atoms with Crippen LogP contribution in [0.25, 0.3) is 5.69 Å². The van der Waals surface area contributed by atoms with E-state index < -0.39 is 21.5 Å². The molecule has 0 aliphatic carbocycles. The van der Waals surface area contributed by atoms with Crippen molar-refractivity contribution in [1.82, 2.24) is 9.78 Å². The lowest BCUT2D eigenvalue weighted by Gasteiger charge is -2.19. The van der Waals surface area contributed by atoms with Gasteiger partial charge < -0.3 is 5.32 Å². The second-order valence-electron chi connectivity index (χ2n) is 7.56. The lowest BCUT2D eigenvalue weighted by molar-refractivity contribution is 0.101. The Labute approximate surface area is 194 Å². The van der Waals surface area contributed by atoms with E-state index in [1.54, 1.807) is 49.4 Å². The number of aryl methyl sites for hydroxylation is 1. The minimum Gasteiger partial charge on any atom is -0.306 e. The molecule has 0 radical (unpaired) electrons. The highest BCUT2D eigenvalue weighted by molar-refractivity contribution is 7.91. The normalized spacial score (nSPS) is 13.8. The average Bonchev–Trinajstić information content (AvgIpc) is 3.17. The van der Waals surface area contributed by atoms with Crippen molar-refractivity contribution in [3.8, 4) is 5.69 Å². The lowest BCUT2D eigenvalue weighted by Crippen LogP contribution is -2.22. The van der Waals surface area contributed by atoms with E-state index in [9.17, 15) is 18.0 Å². The van der Waals surface area contributed by atoms with Gasteiger partial charge in [-0.25, -0.2) is 13.1 Å². The Morgan fingerprint density at radius 2 is 1.70 bits per heavy atom. The zero-order valence-corrected chi connectivity index (χ0v) is 18.8. The van der Waals surface area contributed by atoms with Gasteiger partial charge in [-0.05, 0) is 55.5 Å². The molecule has 1 N–H and O–H groups in total. The molecule has 0 spiro atoms. The first-order valence-corrected chi connectivity index (χ1v) is 11.8. The van der Waals surface area contributed by atoms with E-state index in [-0.39, 0.29) is 26.5 Å². The van der Waals surface area contributed by atoms with E-state index >= 15 is 0 Å². The SMILES string of the molecule is Cc1cc(NC(=O)c2ccc3c(c2)S(=O)(=O)c2ccccc2C3=O)n(-c2cccc(Cl)c2)n1. The number of nitrogens with one attached hydrogen (secondary N) is 1. The Bertz CT molecular complexity index is 1570. The molecule has 0 saturated carbocycles. The summed E-state index contributed by atoms with van der Waals surface area (Å²) in [6.45, 7) is 1.78. The highest BCUT2D eigenvalue weighted by Crippen LogP contribution is 2.35. The van der Waals surface area contributed by atoms with E-state index in [1.807, 2.05) is 0 Å². The van der Waals surface area contributed by atoms with Crippen LogP contribution in [0, 0.1) is 6.92 Å².